The van der Waals surface area contributed by atoms with Crippen LogP contribution in [-0.2, 0) is 0 Å². The molecule has 0 spiro atoms. The van der Waals surface area contributed by atoms with Gasteiger partial charge in [0, 0.05) is 38.9 Å². The quantitative estimate of drug-likeness (QED) is 0.912. The molecule has 1 saturated heterocycles. The third-order valence-corrected chi connectivity index (χ3v) is 4.27. The van der Waals surface area contributed by atoms with E-state index in [0.29, 0.717) is 25.2 Å². The average molecular weight is 314 g/mol. The van der Waals surface area contributed by atoms with Crippen LogP contribution in [0.15, 0.2) is 36.7 Å². The molecule has 23 heavy (non-hydrogen) atoms. The smallest absolute Gasteiger partial charge is 0.257 e. The van der Waals surface area contributed by atoms with E-state index in [1.807, 2.05) is 36.1 Å². The lowest BCUT2D eigenvalue weighted by Crippen LogP contribution is -2.49. The highest BCUT2D eigenvalue weighted by atomic mass is 16.3. The second-order valence-corrected chi connectivity index (χ2v) is 5.82. The molecule has 1 aromatic carbocycles. The van der Waals surface area contributed by atoms with Crippen LogP contribution in [0.25, 0.3) is 5.69 Å². The molecule has 0 radical (unpaired) electrons. The molecule has 3 rings (SSSR count). The Labute approximate surface area is 135 Å². The minimum atomic E-state index is 0.0217. The Morgan fingerprint density at radius 2 is 1.96 bits per heavy atom. The summed E-state index contributed by atoms with van der Waals surface area (Å²) in [7, 11) is 0. The Morgan fingerprint density at radius 1 is 1.22 bits per heavy atom. The van der Waals surface area contributed by atoms with Gasteiger partial charge in [0.2, 0.25) is 0 Å². The van der Waals surface area contributed by atoms with Gasteiger partial charge in [0.25, 0.3) is 5.91 Å². The van der Waals surface area contributed by atoms with Crippen molar-refractivity contribution in [3.63, 3.8) is 0 Å². The molecule has 6 heteroatoms. The summed E-state index contributed by atoms with van der Waals surface area (Å²) in [4.78, 5) is 16.6. The Bertz CT molecular complexity index is 675. The van der Waals surface area contributed by atoms with Crippen molar-refractivity contribution >= 4 is 5.91 Å². The second kappa shape index (κ2) is 6.93. The first-order valence-corrected chi connectivity index (χ1v) is 7.92. The number of amides is 1. The van der Waals surface area contributed by atoms with E-state index in [4.69, 9.17) is 5.11 Å². The Hall–Kier alpha value is -2.18. The summed E-state index contributed by atoms with van der Waals surface area (Å²) in [6.07, 6.45) is 3.43. The molecule has 0 aliphatic carbocycles. The van der Waals surface area contributed by atoms with E-state index in [1.165, 1.54) is 0 Å². The van der Waals surface area contributed by atoms with Gasteiger partial charge in [-0.2, -0.15) is 5.10 Å². The molecule has 2 aromatic rings. The highest BCUT2D eigenvalue weighted by Gasteiger charge is 2.22. The number of aliphatic hydroxyl groups excluding tert-OH is 1. The summed E-state index contributed by atoms with van der Waals surface area (Å²) in [6, 6.07) is 7.97. The number of carbonyl (C=O) groups is 1. The summed E-state index contributed by atoms with van der Waals surface area (Å²) in [6.45, 7) is 5.85. The second-order valence-electron chi connectivity index (χ2n) is 5.82. The van der Waals surface area contributed by atoms with E-state index < -0.39 is 0 Å². The molecule has 0 saturated carbocycles. The number of nitrogens with zero attached hydrogens (tertiary/aromatic N) is 4. The molecule has 0 bridgehead atoms. The van der Waals surface area contributed by atoms with Crippen LogP contribution in [0.5, 0.6) is 0 Å². The normalized spacial score (nSPS) is 15.8. The number of hydrogen-bond acceptors (Lipinski definition) is 4. The number of para-hydroxylation sites is 1. The van der Waals surface area contributed by atoms with E-state index in [9.17, 15) is 4.79 Å². The topological polar surface area (TPSA) is 61.6 Å². The minimum Gasteiger partial charge on any atom is -0.395 e. The van der Waals surface area contributed by atoms with Crippen LogP contribution >= 0.6 is 0 Å². The van der Waals surface area contributed by atoms with Crippen molar-refractivity contribution < 1.29 is 9.90 Å². The van der Waals surface area contributed by atoms with E-state index >= 15 is 0 Å². The van der Waals surface area contributed by atoms with Crippen LogP contribution in [0.3, 0.4) is 0 Å². The van der Waals surface area contributed by atoms with Gasteiger partial charge in [-0.1, -0.05) is 18.2 Å². The summed E-state index contributed by atoms with van der Waals surface area (Å²) in [5, 5.41) is 13.3. The molecule has 1 amide bonds. The van der Waals surface area contributed by atoms with Gasteiger partial charge in [0.1, 0.15) is 0 Å². The monoisotopic (exact) mass is 314 g/mol. The van der Waals surface area contributed by atoms with Crippen LogP contribution in [0.2, 0.25) is 0 Å². The molecule has 0 atom stereocenters. The van der Waals surface area contributed by atoms with E-state index in [0.717, 1.165) is 24.3 Å². The maximum absolute atomic E-state index is 12.6. The number of rotatable bonds is 4. The van der Waals surface area contributed by atoms with Crippen LogP contribution in [-0.4, -0.2) is 69.9 Å². The van der Waals surface area contributed by atoms with Crippen molar-refractivity contribution in [3.05, 3.63) is 47.8 Å². The number of aromatic nitrogens is 2. The number of piperazine rings is 1. The molecule has 1 N–H and O–H groups in total. The predicted molar refractivity (Wildman–Crippen MR) is 87.7 cm³/mol. The van der Waals surface area contributed by atoms with Crippen LogP contribution in [0.1, 0.15) is 15.9 Å². The fraction of sp³-hybridized carbons (Fsp3) is 0.412. The van der Waals surface area contributed by atoms with Gasteiger partial charge in [-0.15, -0.1) is 0 Å². The molecule has 2 heterocycles. The first-order chi connectivity index (χ1) is 11.2. The number of hydrogen-bond donors (Lipinski definition) is 1. The maximum atomic E-state index is 12.6. The molecule has 1 fully saturated rings. The van der Waals surface area contributed by atoms with Crippen molar-refractivity contribution in [3.8, 4) is 5.69 Å². The first kappa shape index (κ1) is 15.7. The van der Waals surface area contributed by atoms with Crippen LogP contribution < -0.4 is 0 Å². The Kier molecular flexibility index (Phi) is 4.73. The zero-order valence-corrected chi connectivity index (χ0v) is 13.4. The molecule has 0 unspecified atom stereocenters. The molecule has 6 nitrogen and oxygen atoms in total. The molecular weight excluding hydrogens is 292 g/mol. The van der Waals surface area contributed by atoms with Gasteiger partial charge in [-0.25, -0.2) is 4.68 Å². The number of aliphatic hydroxyl groups is 1. The van der Waals surface area contributed by atoms with Gasteiger partial charge in [0.15, 0.2) is 0 Å². The number of carbonyl (C=O) groups excluding carboxylic acids is 1. The summed E-state index contributed by atoms with van der Waals surface area (Å²) in [5.41, 5.74) is 2.72. The van der Waals surface area contributed by atoms with Gasteiger partial charge in [0.05, 0.1) is 24.1 Å². The Balaban J connectivity index is 1.69. The first-order valence-electron chi connectivity index (χ1n) is 7.92. The third-order valence-electron chi connectivity index (χ3n) is 4.27. The maximum Gasteiger partial charge on any atom is 0.257 e. The number of benzene rings is 1. The van der Waals surface area contributed by atoms with Gasteiger partial charge >= 0.3 is 0 Å². The molecule has 1 aliphatic heterocycles. The lowest BCUT2D eigenvalue weighted by atomic mass is 10.2. The van der Waals surface area contributed by atoms with E-state index in [1.54, 1.807) is 17.1 Å². The predicted octanol–water partition coefficient (Wildman–Crippen LogP) is 0.931. The third kappa shape index (κ3) is 3.43. The van der Waals surface area contributed by atoms with Crippen LogP contribution in [0.4, 0.5) is 0 Å². The van der Waals surface area contributed by atoms with Gasteiger partial charge < -0.3 is 10.0 Å². The molecular formula is C17H22N4O2. The van der Waals surface area contributed by atoms with Crippen molar-refractivity contribution in [2.75, 3.05) is 39.3 Å². The fourth-order valence-corrected chi connectivity index (χ4v) is 2.88. The van der Waals surface area contributed by atoms with Gasteiger partial charge in [-0.3, -0.25) is 9.69 Å². The van der Waals surface area contributed by atoms with E-state index in [-0.39, 0.29) is 12.5 Å². The zero-order chi connectivity index (χ0) is 16.2. The number of β-amino-alcohol motifs (C(OH)–C–C–N with tert-alkyl or cyclic N) is 1. The summed E-state index contributed by atoms with van der Waals surface area (Å²) < 4.78 is 1.75. The summed E-state index contributed by atoms with van der Waals surface area (Å²) in [5.74, 6) is 0.0217. The summed E-state index contributed by atoms with van der Waals surface area (Å²) >= 11 is 0. The SMILES string of the molecule is Cc1ccccc1-n1cc(C(=O)N2CCN(CCO)CC2)cn1. The van der Waals surface area contributed by atoms with Crippen molar-refractivity contribution in [1.82, 2.24) is 19.6 Å². The highest BCUT2D eigenvalue weighted by Crippen LogP contribution is 2.15. The highest BCUT2D eigenvalue weighted by molar-refractivity contribution is 5.93. The Morgan fingerprint density at radius 3 is 2.65 bits per heavy atom. The van der Waals surface area contributed by atoms with Crippen molar-refractivity contribution in [2.24, 2.45) is 0 Å². The lowest BCUT2D eigenvalue weighted by molar-refractivity contribution is 0.0615. The van der Waals surface area contributed by atoms with Crippen molar-refractivity contribution in [2.45, 2.75) is 6.92 Å². The van der Waals surface area contributed by atoms with Crippen LogP contribution in [0, 0.1) is 6.92 Å². The number of aryl methyl sites for hydroxylation is 1. The lowest BCUT2D eigenvalue weighted by Gasteiger charge is -2.34. The largest absolute Gasteiger partial charge is 0.395 e. The molecule has 1 aliphatic rings. The van der Waals surface area contributed by atoms with Gasteiger partial charge in [-0.05, 0) is 18.6 Å². The zero-order valence-electron chi connectivity index (χ0n) is 13.4. The van der Waals surface area contributed by atoms with E-state index in [2.05, 4.69) is 10.00 Å². The molecule has 1 aromatic heterocycles. The van der Waals surface area contributed by atoms with Crippen molar-refractivity contribution in [1.29, 1.82) is 0 Å². The average Bonchev–Trinajstić information content (AvgIpc) is 3.05. The minimum absolute atomic E-state index is 0.0217. The standard InChI is InChI=1S/C17H22N4O2/c1-14-4-2-3-5-16(14)21-13-15(12-18-21)17(23)20-8-6-19(7-9-20)10-11-22/h2-5,12-13,22H,6-11H2,1H3. The molecule has 122 valence electrons. The fourth-order valence-electron chi connectivity index (χ4n) is 2.88.